The minimum absolute atomic E-state index is 0.122. The summed E-state index contributed by atoms with van der Waals surface area (Å²) in [6.45, 7) is 0. The number of carbonyl (C=O) groups is 1. The van der Waals surface area contributed by atoms with Gasteiger partial charge in [-0.1, -0.05) is 11.2 Å². The van der Waals surface area contributed by atoms with Crippen molar-refractivity contribution in [2.24, 2.45) is 0 Å². The van der Waals surface area contributed by atoms with Crippen LogP contribution in [-0.2, 0) is 0 Å². The number of Topliss-reactive ketones (excluding diaryl/α,β-unsaturated/α-hetero) is 1. The second-order valence-corrected chi connectivity index (χ2v) is 6.20. The largest absolute Gasteiger partial charge is 0.337 e. The molecule has 0 spiro atoms. The fourth-order valence-corrected chi connectivity index (χ4v) is 3.37. The third-order valence-corrected chi connectivity index (χ3v) is 4.67. The molecule has 0 aliphatic carbocycles. The standard InChI is InChI=1S/C18H13N5O3/c24-15-6-5-14(23-7-1-2-13(15)23)18-21-16(22-26-18)10-3-4-11-12(8-10)19-9-20-17(11)25/h1-4,7-9,14H,5-6H2,(H,19,20,25). The Kier molecular flexibility index (Phi) is 3.11. The molecule has 1 N–H and O–H groups in total. The van der Waals surface area contributed by atoms with Gasteiger partial charge in [-0.15, -0.1) is 0 Å². The number of nitrogens with one attached hydrogen (secondary N) is 1. The van der Waals surface area contributed by atoms with Crippen LogP contribution in [0.5, 0.6) is 0 Å². The van der Waals surface area contributed by atoms with Crippen LogP contribution < -0.4 is 5.56 Å². The average molecular weight is 347 g/mol. The summed E-state index contributed by atoms with van der Waals surface area (Å²) in [5, 5.41) is 4.57. The molecule has 1 aliphatic rings. The molecule has 3 aromatic heterocycles. The molecule has 4 aromatic rings. The Labute approximate surface area is 146 Å². The first-order valence-electron chi connectivity index (χ1n) is 8.22. The first-order chi connectivity index (χ1) is 12.7. The lowest BCUT2D eigenvalue weighted by atomic mass is 10.0. The van der Waals surface area contributed by atoms with Crippen molar-refractivity contribution in [3.05, 3.63) is 64.8 Å². The highest BCUT2D eigenvalue weighted by Crippen LogP contribution is 2.31. The van der Waals surface area contributed by atoms with Crippen LogP contribution in [0.1, 0.15) is 35.3 Å². The Morgan fingerprint density at radius 1 is 1.23 bits per heavy atom. The van der Waals surface area contributed by atoms with Crippen molar-refractivity contribution in [1.82, 2.24) is 24.7 Å². The normalized spacial score (nSPS) is 16.8. The Morgan fingerprint density at radius 3 is 3.08 bits per heavy atom. The molecule has 1 aliphatic heterocycles. The number of nitrogens with zero attached hydrogens (tertiary/aromatic N) is 4. The van der Waals surface area contributed by atoms with Crippen LogP contribution >= 0.6 is 0 Å². The average Bonchev–Trinajstić information content (AvgIpc) is 3.32. The van der Waals surface area contributed by atoms with Crippen molar-refractivity contribution in [2.45, 2.75) is 18.9 Å². The fraction of sp³-hybridized carbons (Fsp3) is 0.167. The number of ketones is 1. The summed E-state index contributed by atoms with van der Waals surface area (Å²) in [4.78, 5) is 35.0. The second-order valence-electron chi connectivity index (χ2n) is 6.20. The quantitative estimate of drug-likeness (QED) is 0.596. The van der Waals surface area contributed by atoms with Crippen LogP contribution in [0.2, 0.25) is 0 Å². The monoisotopic (exact) mass is 347 g/mol. The summed E-state index contributed by atoms with van der Waals surface area (Å²) in [5.74, 6) is 1.01. The van der Waals surface area contributed by atoms with E-state index in [1.807, 2.05) is 16.8 Å². The maximum atomic E-state index is 12.0. The zero-order valence-corrected chi connectivity index (χ0v) is 13.5. The van der Waals surface area contributed by atoms with Crippen LogP contribution in [-0.4, -0.2) is 30.5 Å². The van der Waals surface area contributed by atoms with Gasteiger partial charge in [-0.05, 0) is 30.7 Å². The van der Waals surface area contributed by atoms with Gasteiger partial charge < -0.3 is 14.1 Å². The van der Waals surface area contributed by atoms with E-state index in [4.69, 9.17) is 4.52 Å². The minimum atomic E-state index is -0.192. The number of aromatic nitrogens is 5. The van der Waals surface area contributed by atoms with Gasteiger partial charge in [0.1, 0.15) is 6.04 Å². The van der Waals surface area contributed by atoms with Gasteiger partial charge in [-0.2, -0.15) is 4.98 Å². The molecule has 1 unspecified atom stereocenters. The Balaban J connectivity index is 1.55. The van der Waals surface area contributed by atoms with E-state index in [1.165, 1.54) is 6.33 Å². The van der Waals surface area contributed by atoms with E-state index < -0.39 is 0 Å². The molecule has 1 atom stereocenters. The van der Waals surface area contributed by atoms with Gasteiger partial charge in [-0.25, -0.2) is 4.98 Å². The van der Waals surface area contributed by atoms with E-state index in [2.05, 4.69) is 20.1 Å². The van der Waals surface area contributed by atoms with Gasteiger partial charge in [0.05, 0.1) is 22.9 Å². The number of aromatic amines is 1. The maximum Gasteiger partial charge on any atom is 0.258 e. The van der Waals surface area contributed by atoms with Crippen molar-refractivity contribution in [1.29, 1.82) is 0 Å². The molecule has 0 saturated heterocycles. The summed E-state index contributed by atoms with van der Waals surface area (Å²) in [5.41, 5.74) is 1.75. The lowest BCUT2D eigenvalue weighted by Crippen LogP contribution is -2.22. The van der Waals surface area contributed by atoms with E-state index in [9.17, 15) is 9.59 Å². The molecule has 1 aromatic carbocycles. The fourth-order valence-electron chi connectivity index (χ4n) is 3.37. The van der Waals surface area contributed by atoms with Crippen molar-refractivity contribution in [3.8, 4) is 11.4 Å². The van der Waals surface area contributed by atoms with E-state index in [0.29, 0.717) is 46.7 Å². The summed E-state index contributed by atoms with van der Waals surface area (Å²) < 4.78 is 7.35. The number of fused-ring (bicyclic) bond motifs is 2. The third-order valence-electron chi connectivity index (χ3n) is 4.67. The molecular formula is C18H13N5O3. The SMILES string of the molecule is O=C1CCC(c2nc(-c3ccc4c(=O)[nH]cnc4c3)no2)n2cccc21. The van der Waals surface area contributed by atoms with E-state index in [1.54, 1.807) is 24.3 Å². The second kappa shape index (κ2) is 5.48. The lowest BCUT2D eigenvalue weighted by Gasteiger charge is -2.22. The summed E-state index contributed by atoms with van der Waals surface area (Å²) in [7, 11) is 0. The Hall–Kier alpha value is -3.55. The van der Waals surface area contributed by atoms with Gasteiger partial charge in [-0.3, -0.25) is 9.59 Å². The molecule has 8 nitrogen and oxygen atoms in total. The molecular weight excluding hydrogens is 334 g/mol. The van der Waals surface area contributed by atoms with Gasteiger partial charge >= 0.3 is 0 Å². The lowest BCUT2D eigenvalue weighted by molar-refractivity contribution is 0.0943. The van der Waals surface area contributed by atoms with Gasteiger partial charge in [0.2, 0.25) is 11.7 Å². The molecule has 0 amide bonds. The van der Waals surface area contributed by atoms with Crippen molar-refractivity contribution in [2.75, 3.05) is 0 Å². The first-order valence-corrected chi connectivity index (χ1v) is 8.22. The van der Waals surface area contributed by atoms with Crippen molar-refractivity contribution in [3.63, 3.8) is 0 Å². The molecule has 128 valence electrons. The molecule has 4 heterocycles. The summed E-state index contributed by atoms with van der Waals surface area (Å²) >= 11 is 0. The van der Waals surface area contributed by atoms with Crippen LogP contribution in [0.25, 0.3) is 22.3 Å². The number of benzene rings is 1. The highest BCUT2D eigenvalue weighted by molar-refractivity contribution is 5.95. The molecule has 0 radical (unpaired) electrons. The number of rotatable bonds is 2. The van der Waals surface area contributed by atoms with Crippen LogP contribution in [0.3, 0.4) is 0 Å². The molecule has 0 bridgehead atoms. The number of carbonyl (C=O) groups excluding carboxylic acids is 1. The van der Waals surface area contributed by atoms with Crippen LogP contribution in [0.4, 0.5) is 0 Å². The van der Waals surface area contributed by atoms with Gasteiger partial charge in [0.25, 0.3) is 5.56 Å². The molecule has 26 heavy (non-hydrogen) atoms. The van der Waals surface area contributed by atoms with Crippen molar-refractivity contribution >= 4 is 16.7 Å². The smallest absolute Gasteiger partial charge is 0.258 e. The topological polar surface area (TPSA) is 107 Å². The zero-order chi connectivity index (χ0) is 17.7. The first kappa shape index (κ1) is 14.8. The predicted molar refractivity (Wildman–Crippen MR) is 91.8 cm³/mol. The summed E-state index contributed by atoms with van der Waals surface area (Å²) in [6, 6.07) is 8.70. The maximum absolute atomic E-state index is 12.0. The number of hydrogen-bond donors (Lipinski definition) is 1. The van der Waals surface area contributed by atoms with E-state index >= 15 is 0 Å². The highest BCUT2D eigenvalue weighted by atomic mass is 16.5. The molecule has 0 fully saturated rings. The van der Waals surface area contributed by atoms with Gasteiger partial charge in [0, 0.05) is 18.2 Å². The van der Waals surface area contributed by atoms with Gasteiger partial charge in [0.15, 0.2) is 5.78 Å². The van der Waals surface area contributed by atoms with Crippen LogP contribution in [0, 0.1) is 0 Å². The highest BCUT2D eigenvalue weighted by Gasteiger charge is 2.29. The summed E-state index contributed by atoms with van der Waals surface area (Å²) in [6.07, 6.45) is 4.29. The number of H-pyrrole nitrogens is 1. The Morgan fingerprint density at radius 2 is 2.15 bits per heavy atom. The Bertz CT molecular complexity index is 1200. The van der Waals surface area contributed by atoms with Crippen molar-refractivity contribution < 1.29 is 9.32 Å². The molecule has 0 saturated carbocycles. The number of hydrogen-bond acceptors (Lipinski definition) is 6. The minimum Gasteiger partial charge on any atom is -0.337 e. The zero-order valence-electron chi connectivity index (χ0n) is 13.5. The van der Waals surface area contributed by atoms with Crippen LogP contribution in [0.15, 0.2) is 52.2 Å². The van der Waals surface area contributed by atoms with E-state index in [-0.39, 0.29) is 17.4 Å². The molecule has 8 heteroatoms. The third kappa shape index (κ3) is 2.19. The predicted octanol–water partition coefficient (Wildman–Crippen LogP) is 2.34. The molecule has 5 rings (SSSR count). The van der Waals surface area contributed by atoms with E-state index in [0.717, 1.165) is 0 Å².